The summed E-state index contributed by atoms with van der Waals surface area (Å²) >= 11 is 0. The molecular weight excluding hydrogens is 376 g/mol. The SMILES string of the molecule is Cc1noc2nc(-c3ccccc3)cc(C(=O)NC[C@H]3CCCN4CCCC[C@H]34)c12. The number of rotatable bonds is 4. The fourth-order valence-electron chi connectivity index (χ4n) is 5.16. The molecule has 4 heterocycles. The highest BCUT2D eigenvalue weighted by molar-refractivity contribution is 6.07. The average molecular weight is 405 g/mol. The molecule has 2 fully saturated rings. The minimum Gasteiger partial charge on any atom is -0.352 e. The van der Waals surface area contributed by atoms with Gasteiger partial charge in [0.05, 0.1) is 22.3 Å². The number of carbonyl (C=O) groups is 1. The van der Waals surface area contributed by atoms with E-state index in [2.05, 4.69) is 20.4 Å². The minimum absolute atomic E-state index is 0.0705. The quantitative estimate of drug-likeness (QED) is 0.706. The molecule has 1 N–H and O–H groups in total. The molecule has 0 bridgehead atoms. The lowest BCUT2D eigenvalue weighted by Gasteiger charge is -2.44. The van der Waals surface area contributed by atoms with Crippen LogP contribution < -0.4 is 5.32 Å². The van der Waals surface area contributed by atoms with E-state index in [1.807, 2.05) is 43.3 Å². The van der Waals surface area contributed by atoms with Crippen molar-refractivity contribution < 1.29 is 9.32 Å². The molecule has 2 aliphatic heterocycles. The van der Waals surface area contributed by atoms with Crippen LogP contribution in [0.5, 0.6) is 0 Å². The summed E-state index contributed by atoms with van der Waals surface area (Å²) in [5.41, 5.74) is 3.37. The molecule has 0 radical (unpaired) electrons. The fraction of sp³-hybridized carbons (Fsp3) is 0.458. The highest BCUT2D eigenvalue weighted by Crippen LogP contribution is 2.31. The summed E-state index contributed by atoms with van der Waals surface area (Å²) < 4.78 is 5.42. The Bertz CT molecular complexity index is 1040. The van der Waals surface area contributed by atoms with E-state index in [-0.39, 0.29) is 5.91 Å². The van der Waals surface area contributed by atoms with Crippen molar-refractivity contribution in [2.45, 2.75) is 45.1 Å². The van der Waals surface area contributed by atoms with Gasteiger partial charge in [0.25, 0.3) is 11.6 Å². The second-order valence-corrected chi connectivity index (χ2v) is 8.58. The van der Waals surface area contributed by atoms with Gasteiger partial charge in [-0.1, -0.05) is 41.9 Å². The van der Waals surface area contributed by atoms with Crippen LogP contribution in [-0.2, 0) is 0 Å². The summed E-state index contributed by atoms with van der Waals surface area (Å²) in [7, 11) is 0. The van der Waals surface area contributed by atoms with Crippen molar-refractivity contribution in [1.29, 1.82) is 0 Å². The van der Waals surface area contributed by atoms with Gasteiger partial charge in [-0.25, -0.2) is 4.98 Å². The lowest BCUT2D eigenvalue weighted by atomic mass is 9.83. The maximum atomic E-state index is 13.3. The second kappa shape index (κ2) is 8.19. The predicted molar refractivity (Wildman–Crippen MR) is 116 cm³/mol. The first-order valence-electron chi connectivity index (χ1n) is 11.1. The number of piperidine rings is 2. The molecule has 30 heavy (non-hydrogen) atoms. The lowest BCUT2D eigenvalue weighted by molar-refractivity contribution is 0.0576. The van der Waals surface area contributed by atoms with E-state index in [1.165, 1.54) is 45.2 Å². The number of hydrogen-bond donors (Lipinski definition) is 1. The Balaban J connectivity index is 1.40. The molecule has 1 aromatic carbocycles. The van der Waals surface area contributed by atoms with Gasteiger partial charge in [0.1, 0.15) is 0 Å². The van der Waals surface area contributed by atoms with Gasteiger partial charge in [-0.2, -0.15) is 0 Å². The van der Waals surface area contributed by atoms with Crippen LogP contribution in [0.15, 0.2) is 40.9 Å². The van der Waals surface area contributed by atoms with Gasteiger partial charge < -0.3 is 14.7 Å². The summed E-state index contributed by atoms with van der Waals surface area (Å²) in [6.07, 6.45) is 6.27. The zero-order valence-corrected chi connectivity index (χ0v) is 17.4. The molecule has 0 spiro atoms. The molecule has 5 rings (SSSR count). The van der Waals surface area contributed by atoms with E-state index in [0.717, 1.165) is 17.8 Å². The molecule has 3 aromatic rings. The van der Waals surface area contributed by atoms with E-state index >= 15 is 0 Å². The molecule has 2 saturated heterocycles. The van der Waals surface area contributed by atoms with Crippen LogP contribution in [0.4, 0.5) is 0 Å². The van der Waals surface area contributed by atoms with E-state index < -0.39 is 0 Å². The van der Waals surface area contributed by atoms with Gasteiger partial charge in [0.15, 0.2) is 0 Å². The Morgan fingerprint density at radius 3 is 2.87 bits per heavy atom. The van der Waals surface area contributed by atoms with E-state index in [9.17, 15) is 4.79 Å². The maximum Gasteiger partial charge on any atom is 0.259 e. The fourth-order valence-corrected chi connectivity index (χ4v) is 5.16. The number of aryl methyl sites for hydroxylation is 1. The number of hydrogen-bond acceptors (Lipinski definition) is 5. The van der Waals surface area contributed by atoms with E-state index in [4.69, 9.17) is 4.52 Å². The number of pyridine rings is 1. The van der Waals surface area contributed by atoms with Gasteiger partial charge >= 0.3 is 0 Å². The average Bonchev–Trinajstić information content (AvgIpc) is 3.18. The molecule has 0 saturated carbocycles. The number of nitrogens with one attached hydrogen (secondary N) is 1. The molecule has 0 aliphatic carbocycles. The normalized spacial score (nSPS) is 22.0. The van der Waals surface area contributed by atoms with Crippen molar-refractivity contribution in [3.63, 3.8) is 0 Å². The van der Waals surface area contributed by atoms with Crippen LogP contribution in [-0.4, -0.2) is 46.6 Å². The van der Waals surface area contributed by atoms with Gasteiger partial charge in [0, 0.05) is 18.2 Å². The number of carbonyl (C=O) groups excluding carboxylic acids is 1. The molecule has 2 aromatic heterocycles. The molecule has 2 aliphatic rings. The molecule has 6 heteroatoms. The van der Waals surface area contributed by atoms with Gasteiger partial charge in [0.2, 0.25) is 0 Å². The smallest absolute Gasteiger partial charge is 0.259 e. The second-order valence-electron chi connectivity index (χ2n) is 8.58. The topological polar surface area (TPSA) is 71.3 Å². The molecule has 2 atom stereocenters. The zero-order valence-electron chi connectivity index (χ0n) is 17.4. The van der Waals surface area contributed by atoms with Gasteiger partial charge in [-0.05, 0) is 57.7 Å². The number of benzene rings is 1. The number of amides is 1. The highest BCUT2D eigenvalue weighted by Gasteiger charge is 2.33. The molecule has 1 amide bonds. The van der Waals surface area contributed by atoms with Crippen molar-refractivity contribution >= 4 is 17.0 Å². The summed E-state index contributed by atoms with van der Waals surface area (Å²) in [6, 6.07) is 12.3. The molecule has 0 unspecified atom stereocenters. The lowest BCUT2D eigenvalue weighted by Crippen LogP contribution is -2.51. The first kappa shape index (κ1) is 19.2. The van der Waals surface area contributed by atoms with Crippen molar-refractivity contribution in [3.8, 4) is 11.3 Å². The third-order valence-electron chi connectivity index (χ3n) is 6.68. The Morgan fingerprint density at radius 2 is 2.00 bits per heavy atom. The zero-order chi connectivity index (χ0) is 20.5. The molecule has 156 valence electrons. The summed E-state index contributed by atoms with van der Waals surface area (Å²) in [6.45, 7) is 4.99. The first-order chi connectivity index (χ1) is 14.7. The van der Waals surface area contributed by atoms with Crippen molar-refractivity contribution in [2.24, 2.45) is 5.92 Å². The van der Waals surface area contributed by atoms with Crippen LogP contribution in [0, 0.1) is 12.8 Å². The Kier molecular flexibility index (Phi) is 5.25. The first-order valence-corrected chi connectivity index (χ1v) is 11.1. The van der Waals surface area contributed by atoms with Gasteiger partial charge in [-0.15, -0.1) is 0 Å². The Hall–Kier alpha value is -2.73. The highest BCUT2D eigenvalue weighted by atomic mass is 16.5. The summed E-state index contributed by atoms with van der Waals surface area (Å²) in [5, 5.41) is 7.98. The van der Waals surface area contributed by atoms with E-state index in [0.29, 0.717) is 34.3 Å². The van der Waals surface area contributed by atoms with Gasteiger partial charge in [-0.3, -0.25) is 4.79 Å². The largest absolute Gasteiger partial charge is 0.352 e. The number of aromatic nitrogens is 2. The Labute approximate surface area is 176 Å². The number of nitrogens with zero attached hydrogens (tertiary/aromatic N) is 3. The standard InChI is InChI=1S/C24H28N4O2/c1-16-22-19(14-20(26-24(22)30-27-16)17-8-3-2-4-9-17)23(29)25-15-18-10-7-13-28-12-6-5-11-21(18)28/h2-4,8-9,14,18,21H,5-7,10-13,15H2,1H3,(H,25,29)/t18-,21-/m1/s1. The summed E-state index contributed by atoms with van der Waals surface area (Å²) in [4.78, 5) is 20.5. The monoisotopic (exact) mass is 404 g/mol. The third kappa shape index (κ3) is 3.60. The van der Waals surface area contributed by atoms with Crippen LogP contribution in [0.25, 0.3) is 22.4 Å². The van der Waals surface area contributed by atoms with Crippen molar-refractivity contribution in [1.82, 2.24) is 20.4 Å². The van der Waals surface area contributed by atoms with Crippen molar-refractivity contribution in [2.75, 3.05) is 19.6 Å². The van der Waals surface area contributed by atoms with Crippen molar-refractivity contribution in [3.05, 3.63) is 47.7 Å². The third-order valence-corrected chi connectivity index (χ3v) is 6.68. The van der Waals surface area contributed by atoms with Crippen LogP contribution in [0.1, 0.15) is 48.2 Å². The van der Waals surface area contributed by atoms with E-state index in [1.54, 1.807) is 0 Å². The predicted octanol–water partition coefficient (Wildman–Crippen LogP) is 4.19. The Morgan fingerprint density at radius 1 is 1.17 bits per heavy atom. The van der Waals surface area contributed by atoms with Crippen LogP contribution in [0.3, 0.4) is 0 Å². The van der Waals surface area contributed by atoms with Crippen LogP contribution in [0.2, 0.25) is 0 Å². The van der Waals surface area contributed by atoms with Crippen LogP contribution >= 0.6 is 0 Å². The number of fused-ring (bicyclic) bond motifs is 2. The maximum absolute atomic E-state index is 13.3. The minimum atomic E-state index is -0.0705. The molecular formula is C24H28N4O2. The summed E-state index contributed by atoms with van der Waals surface area (Å²) in [5.74, 6) is 0.455. The molecule has 6 nitrogen and oxygen atoms in total.